The van der Waals surface area contributed by atoms with E-state index in [9.17, 15) is 18.4 Å². The molecular weight excluding hydrogens is 412 g/mol. The second kappa shape index (κ2) is 8.17. The van der Waals surface area contributed by atoms with Gasteiger partial charge < -0.3 is 5.73 Å². The van der Waals surface area contributed by atoms with Crippen molar-refractivity contribution in [2.24, 2.45) is 5.73 Å². The highest BCUT2D eigenvalue weighted by atomic mass is 32.1. The fourth-order valence-corrected chi connectivity index (χ4v) is 4.15. The molecule has 154 valence electrons. The zero-order valence-electron chi connectivity index (χ0n) is 15.7. The summed E-state index contributed by atoms with van der Waals surface area (Å²) >= 11 is 1.27. The maximum Gasteiger partial charge on any atom is 0.346 e. The van der Waals surface area contributed by atoms with E-state index in [0.29, 0.717) is 16.7 Å². The monoisotopic (exact) mass is 429 g/mol. The molecule has 0 bridgehead atoms. The number of aromatic nitrogens is 4. The topological polar surface area (TPSA) is 87.8 Å². The highest BCUT2D eigenvalue weighted by Gasteiger charge is 2.13. The minimum Gasteiger partial charge on any atom is -0.327 e. The second-order valence-electron chi connectivity index (χ2n) is 6.60. The van der Waals surface area contributed by atoms with Gasteiger partial charge in [-0.05, 0) is 29.8 Å². The summed E-state index contributed by atoms with van der Waals surface area (Å²) in [4.78, 5) is 25.7. The highest BCUT2D eigenvalue weighted by molar-refractivity contribution is 7.14. The molecule has 4 aromatic rings. The lowest BCUT2D eigenvalue weighted by Crippen LogP contribution is -2.26. The van der Waals surface area contributed by atoms with Crippen LogP contribution in [0.3, 0.4) is 0 Å². The van der Waals surface area contributed by atoms with E-state index in [1.54, 1.807) is 30.3 Å². The zero-order chi connectivity index (χ0) is 21.3. The van der Waals surface area contributed by atoms with Crippen LogP contribution < -0.4 is 17.0 Å². The van der Waals surface area contributed by atoms with Gasteiger partial charge in [-0.15, -0.1) is 11.3 Å². The summed E-state index contributed by atoms with van der Waals surface area (Å²) in [6, 6.07) is 11.1. The lowest BCUT2D eigenvalue weighted by atomic mass is 10.2. The van der Waals surface area contributed by atoms with E-state index in [4.69, 9.17) is 5.73 Å². The molecule has 0 aliphatic rings. The van der Waals surface area contributed by atoms with Crippen molar-refractivity contribution in [2.45, 2.75) is 13.1 Å². The Balaban J connectivity index is 1.67. The van der Waals surface area contributed by atoms with Gasteiger partial charge in [0.2, 0.25) is 0 Å². The number of para-hydroxylation sites is 1. The molecule has 0 saturated heterocycles. The molecule has 0 unspecified atom stereocenters. The van der Waals surface area contributed by atoms with Crippen molar-refractivity contribution >= 4 is 22.2 Å². The maximum absolute atomic E-state index is 14.4. The van der Waals surface area contributed by atoms with Crippen LogP contribution in [0.2, 0.25) is 0 Å². The quantitative estimate of drug-likeness (QED) is 0.510. The number of halogens is 2. The predicted molar refractivity (Wildman–Crippen MR) is 111 cm³/mol. The van der Waals surface area contributed by atoms with E-state index in [2.05, 4.69) is 5.10 Å². The third kappa shape index (κ3) is 3.62. The number of fused-ring (bicyclic) bond motifs is 1. The summed E-state index contributed by atoms with van der Waals surface area (Å²) in [5.74, 6) is -0.491. The van der Waals surface area contributed by atoms with Crippen molar-refractivity contribution in [3.8, 4) is 5.00 Å². The average molecular weight is 429 g/mol. The first-order chi connectivity index (χ1) is 14.5. The van der Waals surface area contributed by atoms with E-state index >= 15 is 0 Å². The molecule has 3 heterocycles. The fourth-order valence-electron chi connectivity index (χ4n) is 3.13. The van der Waals surface area contributed by atoms with E-state index in [-0.39, 0.29) is 36.3 Å². The first-order valence-corrected chi connectivity index (χ1v) is 9.83. The van der Waals surface area contributed by atoms with Crippen LogP contribution in [-0.2, 0) is 13.1 Å². The van der Waals surface area contributed by atoms with Crippen LogP contribution in [0.25, 0.3) is 15.9 Å². The minimum absolute atomic E-state index is 0.0135. The zero-order valence-corrected chi connectivity index (χ0v) is 16.5. The van der Waals surface area contributed by atoms with Crippen molar-refractivity contribution in [3.63, 3.8) is 0 Å². The van der Waals surface area contributed by atoms with Crippen molar-refractivity contribution < 1.29 is 8.78 Å². The molecule has 7 nitrogen and oxygen atoms in total. The SMILES string of the molecule is NC/C(=C\F)Cn1ncn(Cc2ccc(-n3c(=O)ccc4cccc(F)c43)s2)c1=O. The molecular formula is C20H17F2N5O2S. The smallest absolute Gasteiger partial charge is 0.327 e. The number of hydrogen-bond donors (Lipinski definition) is 1. The lowest BCUT2D eigenvalue weighted by molar-refractivity contribution is 0.604. The summed E-state index contributed by atoms with van der Waals surface area (Å²) < 4.78 is 31.0. The van der Waals surface area contributed by atoms with Crippen LogP contribution in [0.5, 0.6) is 0 Å². The van der Waals surface area contributed by atoms with Crippen LogP contribution in [0.1, 0.15) is 4.88 Å². The molecule has 0 aliphatic carbocycles. The van der Waals surface area contributed by atoms with E-state index in [1.165, 1.54) is 38.9 Å². The molecule has 0 saturated carbocycles. The first-order valence-electron chi connectivity index (χ1n) is 9.01. The van der Waals surface area contributed by atoms with Crippen molar-refractivity contribution in [1.82, 2.24) is 18.9 Å². The molecule has 4 rings (SSSR count). The summed E-state index contributed by atoms with van der Waals surface area (Å²) in [6.07, 6.45) is 1.73. The second-order valence-corrected chi connectivity index (χ2v) is 7.74. The van der Waals surface area contributed by atoms with Crippen LogP contribution in [0.4, 0.5) is 8.78 Å². The number of benzene rings is 1. The Labute approximate surface area is 172 Å². The number of nitrogens with two attached hydrogens (primary N) is 1. The Bertz CT molecular complexity index is 1370. The molecule has 2 N–H and O–H groups in total. The molecule has 0 fully saturated rings. The van der Waals surface area contributed by atoms with Crippen molar-refractivity contribution in [3.05, 3.63) is 92.2 Å². The standard InChI is InChI=1S/C20H17F2N5O2S/c21-8-13(9-23)10-26-20(29)25(12-24-26)11-15-5-7-18(30-15)27-17(28)6-4-14-2-1-3-16(22)19(14)27/h1-8,12H,9-11,23H2/b13-8+. The number of pyridine rings is 1. The van der Waals surface area contributed by atoms with Crippen LogP contribution in [0, 0.1) is 5.82 Å². The Morgan fingerprint density at radius 2 is 2.00 bits per heavy atom. The molecule has 0 atom stereocenters. The Hall–Kier alpha value is -3.37. The van der Waals surface area contributed by atoms with Crippen molar-refractivity contribution in [1.29, 1.82) is 0 Å². The van der Waals surface area contributed by atoms with Gasteiger partial charge in [0.05, 0.1) is 24.9 Å². The van der Waals surface area contributed by atoms with Crippen LogP contribution in [-0.4, -0.2) is 25.5 Å². The number of nitrogens with zero attached hydrogens (tertiary/aromatic N) is 4. The summed E-state index contributed by atoms with van der Waals surface area (Å²) in [5, 5.41) is 5.13. The van der Waals surface area contributed by atoms with E-state index in [0.717, 1.165) is 9.56 Å². The highest BCUT2D eigenvalue weighted by Crippen LogP contribution is 2.25. The first kappa shape index (κ1) is 19.9. The molecule has 10 heteroatoms. The molecule has 0 amide bonds. The van der Waals surface area contributed by atoms with E-state index in [1.807, 2.05) is 0 Å². The Morgan fingerprint density at radius 1 is 1.17 bits per heavy atom. The van der Waals surface area contributed by atoms with Gasteiger partial charge >= 0.3 is 5.69 Å². The van der Waals surface area contributed by atoms with Crippen molar-refractivity contribution in [2.75, 3.05) is 6.54 Å². The van der Waals surface area contributed by atoms with Gasteiger partial charge in [-0.25, -0.2) is 18.3 Å². The van der Waals surface area contributed by atoms with Gasteiger partial charge in [0, 0.05) is 22.9 Å². The minimum atomic E-state index is -0.491. The third-order valence-corrected chi connectivity index (χ3v) is 5.68. The van der Waals surface area contributed by atoms with Gasteiger partial charge in [-0.3, -0.25) is 13.9 Å². The Kier molecular flexibility index (Phi) is 5.42. The molecule has 1 aromatic carbocycles. The van der Waals surface area contributed by atoms with Gasteiger partial charge in [0.1, 0.15) is 17.1 Å². The third-order valence-electron chi connectivity index (χ3n) is 4.63. The van der Waals surface area contributed by atoms with E-state index < -0.39 is 11.5 Å². The fraction of sp³-hybridized carbons (Fsp3) is 0.150. The normalized spacial score (nSPS) is 12.0. The van der Waals surface area contributed by atoms with Gasteiger partial charge in [0.15, 0.2) is 0 Å². The molecule has 0 aliphatic heterocycles. The van der Waals surface area contributed by atoms with Gasteiger partial charge in [0.25, 0.3) is 5.56 Å². The Morgan fingerprint density at radius 3 is 2.77 bits per heavy atom. The lowest BCUT2D eigenvalue weighted by Gasteiger charge is -2.08. The van der Waals surface area contributed by atoms with Crippen LogP contribution >= 0.6 is 11.3 Å². The maximum atomic E-state index is 14.4. The predicted octanol–water partition coefficient (Wildman–Crippen LogP) is 2.41. The van der Waals surface area contributed by atoms with Gasteiger partial charge in [-0.2, -0.15) is 5.10 Å². The molecule has 30 heavy (non-hydrogen) atoms. The largest absolute Gasteiger partial charge is 0.346 e. The molecule has 0 spiro atoms. The summed E-state index contributed by atoms with van der Waals surface area (Å²) in [5.41, 5.74) is 5.11. The van der Waals surface area contributed by atoms with Crippen LogP contribution in [0.15, 0.2) is 70.3 Å². The molecule has 0 radical (unpaired) electrons. The summed E-state index contributed by atoms with van der Waals surface area (Å²) in [6.45, 7) is 0.169. The summed E-state index contributed by atoms with van der Waals surface area (Å²) in [7, 11) is 0. The number of hydrogen-bond acceptors (Lipinski definition) is 5. The average Bonchev–Trinajstić information content (AvgIpc) is 3.34. The number of rotatable bonds is 6. The molecule has 3 aromatic heterocycles. The number of thiophene rings is 1. The van der Waals surface area contributed by atoms with Gasteiger partial charge in [-0.1, -0.05) is 12.1 Å².